The lowest BCUT2D eigenvalue weighted by Crippen LogP contribution is -2.16. The van der Waals surface area contributed by atoms with Crippen LogP contribution < -0.4 is 0 Å². The first-order valence-corrected chi connectivity index (χ1v) is 7.31. The molecule has 106 valence electrons. The van der Waals surface area contributed by atoms with Crippen molar-refractivity contribution >= 4 is 5.78 Å². The molecule has 0 aliphatic heterocycles. The molecular formula is C15H24N2O2. The lowest BCUT2D eigenvalue weighted by molar-refractivity contribution is 0.0309. The summed E-state index contributed by atoms with van der Waals surface area (Å²) in [7, 11) is 0. The normalized spacial score (nSPS) is 18.4. The Morgan fingerprint density at radius 2 is 2.21 bits per heavy atom. The van der Waals surface area contributed by atoms with Gasteiger partial charge in [-0.05, 0) is 19.3 Å². The lowest BCUT2D eigenvalue weighted by atomic mass is 9.86. The summed E-state index contributed by atoms with van der Waals surface area (Å²) in [5.74, 6) is 1.21. The van der Waals surface area contributed by atoms with Gasteiger partial charge in [-0.2, -0.15) is 0 Å². The molecule has 1 saturated carbocycles. The van der Waals surface area contributed by atoms with Crippen LogP contribution in [0.5, 0.6) is 0 Å². The predicted molar refractivity (Wildman–Crippen MR) is 74.0 cm³/mol. The van der Waals surface area contributed by atoms with E-state index in [0.29, 0.717) is 12.4 Å². The van der Waals surface area contributed by atoms with E-state index in [-0.39, 0.29) is 11.9 Å². The first-order valence-electron chi connectivity index (χ1n) is 7.31. The highest BCUT2D eigenvalue weighted by molar-refractivity contribution is 5.90. The van der Waals surface area contributed by atoms with Crippen LogP contribution in [0.15, 0.2) is 6.20 Å². The van der Waals surface area contributed by atoms with E-state index in [9.17, 15) is 4.79 Å². The highest BCUT2D eigenvalue weighted by atomic mass is 16.5. The molecule has 2 rings (SSSR count). The molecule has 0 bridgehead atoms. The van der Waals surface area contributed by atoms with Crippen molar-refractivity contribution < 1.29 is 9.53 Å². The minimum absolute atomic E-state index is 0.0403. The van der Waals surface area contributed by atoms with Crippen molar-refractivity contribution in [3.05, 3.63) is 17.7 Å². The number of rotatable bonds is 6. The lowest BCUT2D eigenvalue weighted by Gasteiger charge is -2.24. The molecule has 0 aromatic carbocycles. The minimum Gasteiger partial charge on any atom is -0.372 e. The number of imidazole rings is 1. The van der Waals surface area contributed by atoms with Gasteiger partial charge in [-0.1, -0.05) is 32.1 Å². The molecule has 4 nitrogen and oxygen atoms in total. The molecule has 0 saturated heterocycles. The van der Waals surface area contributed by atoms with Crippen LogP contribution in [-0.2, 0) is 11.3 Å². The number of nitrogens with zero attached hydrogens (tertiary/aromatic N) is 1. The predicted octanol–water partition coefficient (Wildman–Crippen LogP) is 3.49. The number of aromatic amines is 1. The first-order chi connectivity index (χ1) is 9.15. The number of hydrogen-bond acceptors (Lipinski definition) is 3. The number of carbonyl (C=O) groups is 1. The third kappa shape index (κ3) is 4.46. The molecule has 0 spiro atoms. The second kappa shape index (κ2) is 6.85. The molecule has 1 fully saturated rings. The summed E-state index contributed by atoms with van der Waals surface area (Å²) >= 11 is 0. The Hall–Kier alpha value is -1.16. The molecule has 1 N–H and O–H groups in total. The molecule has 19 heavy (non-hydrogen) atoms. The number of aromatic nitrogens is 2. The number of ether oxygens (including phenoxy) is 1. The molecule has 1 aromatic rings. The summed E-state index contributed by atoms with van der Waals surface area (Å²) in [6.45, 7) is 4.15. The molecule has 1 aliphatic rings. The van der Waals surface area contributed by atoms with E-state index in [0.717, 1.165) is 18.0 Å². The molecule has 4 heteroatoms. The van der Waals surface area contributed by atoms with Crippen molar-refractivity contribution in [3.8, 4) is 0 Å². The third-order valence-corrected chi connectivity index (χ3v) is 3.88. The number of carbonyl (C=O) groups excluding carboxylic acids is 1. The maximum Gasteiger partial charge on any atom is 0.194 e. The second-order valence-electron chi connectivity index (χ2n) is 5.67. The van der Waals surface area contributed by atoms with Crippen LogP contribution in [0.25, 0.3) is 0 Å². The van der Waals surface area contributed by atoms with Gasteiger partial charge in [0.2, 0.25) is 0 Å². The number of Topliss-reactive ketones (excluding diaryl/α,β-unsaturated/α-hetero) is 1. The average Bonchev–Trinajstić information content (AvgIpc) is 2.86. The van der Waals surface area contributed by atoms with Gasteiger partial charge in [-0.25, -0.2) is 4.98 Å². The number of nitrogens with one attached hydrogen (secondary N) is 1. The average molecular weight is 264 g/mol. The van der Waals surface area contributed by atoms with E-state index in [4.69, 9.17) is 4.74 Å². The fourth-order valence-electron chi connectivity index (χ4n) is 2.80. The van der Waals surface area contributed by atoms with Crippen LogP contribution in [0.1, 0.15) is 68.7 Å². The van der Waals surface area contributed by atoms with E-state index in [1.54, 1.807) is 6.20 Å². The quantitative estimate of drug-likeness (QED) is 0.800. The van der Waals surface area contributed by atoms with Gasteiger partial charge >= 0.3 is 0 Å². The minimum atomic E-state index is -0.0403. The molecule has 1 unspecified atom stereocenters. The molecular weight excluding hydrogens is 240 g/mol. The second-order valence-corrected chi connectivity index (χ2v) is 5.67. The maximum atomic E-state index is 11.1. The largest absolute Gasteiger partial charge is 0.372 e. The van der Waals surface area contributed by atoms with Crippen molar-refractivity contribution in [3.63, 3.8) is 0 Å². The summed E-state index contributed by atoms with van der Waals surface area (Å²) in [6, 6.07) is 0. The number of hydrogen-bond donors (Lipinski definition) is 1. The van der Waals surface area contributed by atoms with E-state index in [2.05, 4.69) is 16.9 Å². The Kier molecular flexibility index (Phi) is 5.14. The Morgan fingerprint density at radius 3 is 2.84 bits per heavy atom. The van der Waals surface area contributed by atoms with Crippen molar-refractivity contribution in [2.24, 2.45) is 5.92 Å². The maximum absolute atomic E-state index is 11.1. The highest BCUT2D eigenvalue weighted by Gasteiger charge is 2.17. The Bertz CT molecular complexity index is 408. The van der Waals surface area contributed by atoms with E-state index < -0.39 is 0 Å². The van der Waals surface area contributed by atoms with E-state index in [1.807, 2.05) is 0 Å². The summed E-state index contributed by atoms with van der Waals surface area (Å²) in [4.78, 5) is 18.1. The van der Waals surface area contributed by atoms with Gasteiger partial charge in [-0.3, -0.25) is 4.79 Å². The Morgan fingerprint density at radius 1 is 1.47 bits per heavy atom. The fourth-order valence-corrected chi connectivity index (χ4v) is 2.80. The summed E-state index contributed by atoms with van der Waals surface area (Å²) in [5, 5.41) is 0. The highest BCUT2D eigenvalue weighted by Crippen LogP contribution is 2.28. The zero-order valence-electron chi connectivity index (χ0n) is 11.9. The standard InChI is InChI=1S/C15H24N2O2/c1-11(8-13-6-4-3-5-7-13)19-10-14-9-16-15(17-14)12(2)18/h9,11,13H,3-8,10H2,1-2H3,(H,16,17). The fraction of sp³-hybridized carbons (Fsp3) is 0.733. The van der Waals surface area contributed by atoms with Gasteiger partial charge in [0.05, 0.1) is 24.6 Å². The van der Waals surface area contributed by atoms with E-state index in [1.165, 1.54) is 39.0 Å². The van der Waals surface area contributed by atoms with Crippen molar-refractivity contribution in [2.75, 3.05) is 0 Å². The van der Waals surface area contributed by atoms with Gasteiger partial charge < -0.3 is 9.72 Å². The van der Waals surface area contributed by atoms with Gasteiger partial charge in [0.15, 0.2) is 11.6 Å². The molecule has 1 heterocycles. The van der Waals surface area contributed by atoms with Crippen LogP contribution >= 0.6 is 0 Å². The van der Waals surface area contributed by atoms with Gasteiger partial charge in [-0.15, -0.1) is 0 Å². The van der Waals surface area contributed by atoms with Gasteiger partial charge in [0.25, 0.3) is 0 Å². The number of H-pyrrole nitrogens is 1. The monoisotopic (exact) mass is 264 g/mol. The molecule has 1 aliphatic carbocycles. The molecule has 0 radical (unpaired) electrons. The summed E-state index contributed by atoms with van der Waals surface area (Å²) in [5.41, 5.74) is 0.876. The van der Waals surface area contributed by atoms with Crippen LogP contribution in [-0.4, -0.2) is 21.9 Å². The van der Waals surface area contributed by atoms with Gasteiger partial charge in [0.1, 0.15) is 0 Å². The van der Waals surface area contributed by atoms with Crippen LogP contribution in [0.4, 0.5) is 0 Å². The van der Waals surface area contributed by atoms with Crippen LogP contribution in [0.3, 0.4) is 0 Å². The summed E-state index contributed by atoms with van der Waals surface area (Å²) < 4.78 is 5.84. The van der Waals surface area contributed by atoms with Crippen molar-refractivity contribution in [1.29, 1.82) is 0 Å². The first kappa shape index (κ1) is 14.3. The van der Waals surface area contributed by atoms with Crippen LogP contribution in [0, 0.1) is 5.92 Å². The smallest absolute Gasteiger partial charge is 0.194 e. The molecule has 1 aromatic heterocycles. The molecule has 0 amide bonds. The Balaban J connectivity index is 1.72. The van der Waals surface area contributed by atoms with Crippen molar-refractivity contribution in [2.45, 2.75) is 65.1 Å². The zero-order chi connectivity index (χ0) is 13.7. The zero-order valence-corrected chi connectivity index (χ0v) is 11.9. The van der Waals surface area contributed by atoms with Crippen LogP contribution in [0.2, 0.25) is 0 Å². The SMILES string of the molecule is CC(=O)c1ncc(COC(C)CC2CCCCC2)[nH]1. The Labute approximate surface area is 115 Å². The molecule has 1 atom stereocenters. The topological polar surface area (TPSA) is 55.0 Å². The van der Waals surface area contributed by atoms with E-state index >= 15 is 0 Å². The summed E-state index contributed by atoms with van der Waals surface area (Å²) in [6.07, 6.45) is 9.95. The number of ketones is 1. The third-order valence-electron chi connectivity index (χ3n) is 3.88. The van der Waals surface area contributed by atoms with Gasteiger partial charge in [0, 0.05) is 6.92 Å². The van der Waals surface area contributed by atoms with Crippen molar-refractivity contribution in [1.82, 2.24) is 9.97 Å².